The van der Waals surface area contributed by atoms with Crippen LogP contribution in [0.5, 0.6) is 0 Å². The Kier molecular flexibility index (Phi) is 4.75. The summed E-state index contributed by atoms with van der Waals surface area (Å²) in [7, 11) is 4.20. The van der Waals surface area contributed by atoms with E-state index in [-0.39, 0.29) is 0 Å². The van der Waals surface area contributed by atoms with Crippen molar-refractivity contribution in [1.29, 1.82) is 0 Å². The zero-order chi connectivity index (χ0) is 13.0. The first-order valence-electron chi connectivity index (χ1n) is 6.84. The van der Waals surface area contributed by atoms with Crippen molar-refractivity contribution in [3.05, 3.63) is 35.4 Å². The van der Waals surface area contributed by atoms with E-state index < -0.39 is 0 Å². The normalized spacial score (nSPS) is 22.3. The number of nitrogens with zero attached hydrogens (tertiary/aromatic N) is 2. The molecule has 1 aromatic rings. The fourth-order valence-electron chi connectivity index (χ4n) is 2.49. The zero-order valence-electron chi connectivity index (χ0n) is 11.8. The number of rotatable bonds is 4. The van der Waals surface area contributed by atoms with Gasteiger partial charge in [-0.1, -0.05) is 24.3 Å². The quantitative estimate of drug-likeness (QED) is 0.871. The van der Waals surface area contributed by atoms with Gasteiger partial charge in [-0.2, -0.15) is 0 Å². The number of piperazine rings is 1. The molecular weight excluding hydrogens is 222 g/mol. The second kappa shape index (κ2) is 6.32. The van der Waals surface area contributed by atoms with E-state index in [1.807, 2.05) is 7.05 Å². The molecular formula is C15H25N3. The molecule has 1 unspecified atom stereocenters. The molecule has 0 bridgehead atoms. The topological polar surface area (TPSA) is 18.5 Å². The van der Waals surface area contributed by atoms with Crippen LogP contribution in [0.2, 0.25) is 0 Å². The summed E-state index contributed by atoms with van der Waals surface area (Å²) < 4.78 is 0. The maximum absolute atomic E-state index is 3.18. The molecule has 0 amide bonds. The van der Waals surface area contributed by atoms with Gasteiger partial charge in [-0.25, -0.2) is 0 Å². The van der Waals surface area contributed by atoms with Gasteiger partial charge in [0.15, 0.2) is 0 Å². The van der Waals surface area contributed by atoms with Crippen LogP contribution >= 0.6 is 0 Å². The molecule has 0 aliphatic carbocycles. The SMILES string of the molecule is CNCc1ccc(CN2CCN(C)C(C)C2)cc1. The van der Waals surface area contributed by atoms with Crippen molar-refractivity contribution in [1.82, 2.24) is 15.1 Å². The van der Waals surface area contributed by atoms with Crippen molar-refractivity contribution in [3.8, 4) is 0 Å². The minimum Gasteiger partial charge on any atom is -0.316 e. The Morgan fingerprint density at radius 3 is 2.44 bits per heavy atom. The van der Waals surface area contributed by atoms with E-state index >= 15 is 0 Å². The molecule has 18 heavy (non-hydrogen) atoms. The molecule has 3 nitrogen and oxygen atoms in total. The third-order valence-electron chi connectivity index (χ3n) is 3.85. The van der Waals surface area contributed by atoms with E-state index in [0.29, 0.717) is 6.04 Å². The summed E-state index contributed by atoms with van der Waals surface area (Å²) in [5.41, 5.74) is 2.78. The predicted molar refractivity (Wildman–Crippen MR) is 76.6 cm³/mol. The van der Waals surface area contributed by atoms with Gasteiger partial charge in [0.05, 0.1) is 0 Å². The molecule has 1 saturated heterocycles. The van der Waals surface area contributed by atoms with E-state index in [0.717, 1.165) is 13.1 Å². The highest BCUT2D eigenvalue weighted by molar-refractivity contribution is 5.22. The first-order chi connectivity index (χ1) is 8.69. The van der Waals surface area contributed by atoms with E-state index in [2.05, 4.69) is 53.4 Å². The average Bonchev–Trinajstić information content (AvgIpc) is 2.37. The fraction of sp³-hybridized carbons (Fsp3) is 0.600. The maximum atomic E-state index is 3.18. The molecule has 1 N–H and O–H groups in total. The lowest BCUT2D eigenvalue weighted by molar-refractivity contribution is 0.1000. The molecule has 100 valence electrons. The van der Waals surface area contributed by atoms with Crippen LogP contribution in [0.1, 0.15) is 18.1 Å². The lowest BCUT2D eigenvalue weighted by Gasteiger charge is -2.37. The molecule has 0 aromatic heterocycles. The van der Waals surface area contributed by atoms with Gasteiger partial charge in [0.25, 0.3) is 0 Å². The van der Waals surface area contributed by atoms with Gasteiger partial charge >= 0.3 is 0 Å². The molecule has 1 fully saturated rings. The summed E-state index contributed by atoms with van der Waals surface area (Å²) in [5, 5.41) is 3.18. The molecule has 0 radical (unpaired) electrons. The summed E-state index contributed by atoms with van der Waals surface area (Å²) in [6.45, 7) is 7.87. The summed E-state index contributed by atoms with van der Waals surface area (Å²) >= 11 is 0. The zero-order valence-corrected chi connectivity index (χ0v) is 11.8. The molecule has 1 aromatic carbocycles. The van der Waals surface area contributed by atoms with Gasteiger partial charge in [-0.15, -0.1) is 0 Å². The first kappa shape index (κ1) is 13.5. The smallest absolute Gasteiger partial charge is 0.0234 e. The summed E-state index contributed by atoms with van der Waals surface area (Å²) in [4.78, 5) is 4.99. The van der Waals surface area contributed by atoms with Crippen molar-refractivity contribution in [2.45, 2.75) is 26.1 Å². The second-order valence-corrected chi connectivity index (χ2v) is 5.41. The highest BCUT2D eigenvalue weighted by atomic mass is 15.3. The Hall–Kier alpha value is -0.900. The Labute approximate surface area is 111 Å². The number of nitrogens with one attached hydrogen (secondary N) is 1. The van der Waals surface area contributed by atoms with E-state index in [4.69, 9.17) is 0 Å². The van der Waals surface area contributed by atoms with Crippen LogP contribution in [-0.2, 0) is 13.1 Å². The van der Waals surface area contributed by atoms with Gasteiger partial charge in [0, 0.05) is 38.8 Å². The van der Waals surface area contributed by atoms with Crippen molar-refractivity contribution < 1.29 is 0 Å². The Morgan fingerprint density at radius 1 is 1.17 bits per heavy atom. The van der Waals surface area contributed by atoms with E-state index in [9.17, 15) is 0 Å². The number of likely N-dealkylation sites (N-methyl/N-ethyl adjacent to an activating group) is 1. The molecule has 1 heterocycles. The Bertz CT molecular complexity index is 361. The minimum atomic E-state index is 0.669. The van der Waals surface area contributed by atoms with Crippen molar-refractivity contribution >= 4 is 0 Å². The predicted octanol–water partition coefficient (Wildman–Crippen LogP) is 1.54. The van der Waals surface area contributed by atoms with Crippen LogP contribution in [0, 0.1) is 0 Å². The third kappa shape index (κ3) is 3.55. The van der Waals surface area contributed by atoms with E-state index in [1.54, 1.807) is 0 Å². The molecule has 1 atom stereocenters. The van der Waals surface area contributed by atoms with Crippen LogP contribution in [0.3, 0.4) is 0 Å². The van der Waals surface area contributed by atoms with Gasteiger partial charge in [0.2, 0.25) is 0 Å². The fourth-order valence-corrected chi connectivity index (χ4v) is 2.49. The van der Waals surface area contributed by atoms with Crippen LogP contribution in [0.25, 0.3) is 0 Å². The lowest BCUT2D eigenvalue weighted by Crippen LogP contribution is -2.49. The molecule has 0 spiro atoms. The molecule has 1 aliphatic rings. The van der Waals surface area contributed by atoms with Crippen LogP contribution in [0.4, 0.5) is 0 Å². The number of hydrogen-bond acceptors (Lipinski definition) is 3. The van der Waals surface area contributed by atoms with E-state index in [1.165, 1.54) is 30.8 Å². The first-order valence-corrected chi connectivity index (χ1v) is 6.84. The monoisotopic (exact) mass is 247 g/mol. The van der Waals surface area contributed by atoms with Crippen LogP contribution in [-0.4, -0.2) is 49.6 Å². The molecule has 3 heteroatoms. The van der Waals surface area contributed by atoms with Gasteiger partial charge < -0.3 is 10.2 Å². The van der Waals surface area contributed by atoms with Crippen molar-refractivity contribution in [2.24, 2.45) is 0 Å². The summed E-state index contributed by atoms with van der Waals surface area (Å²) in [6.07, 6.45) is 0. The average molecular weight is 247 g/mol. The molecule has 2 rings (SSSR count). The van der Waals surface area contributed by atoms with Crippen molar-refractivity contribution in [3.63, 3.8) is 0 Å². The third-order valence-corrected chi connectivity index (χ3v) is 3.85. The molecule has 1 aliphatic heterocycles. The second-order valence-electron chi connectivity index (χ2n) is 5.41. The lowest BCUT2D eigenvalue weighted by atomic mass is 10.1. The van der Waals surface area contributed by atoms with Crippen LogP contribution < -0.4 is 5.32 Å². The summed E-state index contributed by atoms with van der Waals surface area (Å²) in [6, 6.07) is 9.64. The Morgan fingerprint density at radius 2 is 1.83 bits per heavy atom. The van der Waals surface area contributed by atoms with Gasteiger partial charge in [-0.05, 0) is 32.1 Å². The van der Waals surface area contributed by atoms with Crippen molar-refractivity contribution in [2.75, 3.05) is 33.7 Å². The van der Waals surface area contributed by atoms with Gasteiger partial charge in [-0.3, -0.25) is 4.90 Å². The maximum Gasteiger partial charge on any atom is 0.0234 e. The number of benzene rings is 1. The largest absolute Gasteiger partial charge is 0.316 e. The Balaban J connectivity index is 1.89. The summed E-state index contributed by atoms with van der Waals surface area (Å²) in [5.74, 6) is 0. The number of hydrogen-bond donors (Lipinski definition) is 1. The highest BCUT2D eigenvalue weighted by Gasteiger charge is 2.20. The highest BCUT2D eigenvalue weighted by Crippen LogP contribution is 2.12. The minimum absolute atomic E-state index is 0.669. The van der Waals surface area contributed by atoms with Crippen LogP contribution in [0.15, 0.2) is 24.3 Å². The standard InChI is InChI=1S/C15H25N3/c1-13-11-18(9-8-17(13)3)12-15-6-4-14(5-7-15)10-16-2/h4-7,13,16H,8-12H2,1-3H3. The molecule has 0 saturated carbocycles. The van der Waals surface area contributed by atoms with Gasteiger partial charge in [0.1, 0.15) is 0 Å².